The van der Waals surface area contributed by atoms with E-state index in [-0.39, 0.29) is 5.56 Å². The van der Waals surface area contributed by atoms with Crippen molar-refractivity contribution in [2.45, 2.75) is 52.0 Å². The summed E-state index contributed by atoms with van der Waals surface area (Å²) in [6.45, 7) is 9.70. The van der Waals surface area contributed by atoms with Crippen LogP contribution in [0.4, 0.5) is 0 Å². The van der Waals surface area contributed by atoms with Crippen molar-refractivity contribution >= 4 is 17.4 Å². The van der Waals surface area contributed by atoms with E-state index in [9.17, 15) is 9.90 Å². The largest absolute Gasteiger partial charge is 0.478 e. The van der Waals surface area contributed by atoms with Gasteiger partial charge in [0.05, 0.1) is 11.3 Å². The molecule has 184 valence electrons. The van der Waals surface area contributed by atoms with E-state index in [0.29, 0.717) is 34.5 Å². The van der Waals surface area contributed by atoms with Crippen molar-refractivity contribution in [2.24, 2.45) is 10.7 Å². The minimum Gasteiger partial charge on any atom is -0.478 e. The number of carboxylic acid groups (broad SMARTS) is 1. The molecule has 1 aliphatic rings. The molecule has 0 spiro atoms. The number of benzene rings is 1. The number of allylic oxidation sites excluding steroid dienone is 5. The summed E-state index contributed by atoms with van der Waals surface area (Å²) < 4.78 is 0. The Morgan fingerprint density at radius 3 is 2.86 bits per heavy atom. The third-order valence-electron chi connectivity index (χ3n) is 6.03. The molecule has 35 heavy (non-hydrogen) atoms. The van der Waals surface area contributed by atoms with Gasteiger partial charge in [0.25, 0.3) is 0 Å². The zero-order valence-electron chi connectivity index (χ0n) is 20.6. The Balaban J connectivity index is 1.84. The van der Waals surface area contributed by atoms with Crippen molar-refractivity contribution in [3.8, 4) is 0 Å². The summed E-state index contributed by atoms with van der Waals surface area (Å²) in [7, 11) is 0. The summed E-state index contributed by atoms with van der Waals surface area (Å²) in [5.41, 5.74) is 9.86. The zero-order valence-corrected chi connectivity index (χ0v) is 20.6. The van der Waals surface area contributed by atoms with E-state index < -0.39 is 5.97 Å². The Kier molecular flexibility index (Phi) is 9.23. The predicted molar refractivity (Wildman–Crippen MR) is 142 cm³/mol. The second kappa shape index (κ2) is 12.6. The minimum absolute atomic E-state index is 0.167. The summed E-state index contributed by atoms with van der Waals surface area (Å²) in [6.07, 6.45) is 16.9. The molecule has 1 saturated heterocycles. The van der Waals surface area contributed by atoms with Crippen LogP contribution in [0.25, 0.3) is 5.70 Å². The number of imidazole rings is 1. The number of aliphatic imine (C=N–C) groups is 1. The van der Waals surface area contributed by atoms with Gasteiger partial charge in [-0.2, -0.15) is 0 Å². The monoisotopic (exact) mass is 473 g/mol. The number of nitrogens with two attached hydrogens (primary N) is 1. The number of aromatic carboxylic acids is 1. The highest BCUT2D eigenvalue weighted by atomic mass is 16.4. The fraction of sp³-hybridized carbons (Fsp3) is 0.321. The van der Waals surface area contributed by atoms with E-state index in [1.807, 2.05) is 12.2 Å². The van der Waals surface area contributed by atoms with Gasteiger partial charge in [-0.25, -0.2) is 14.8 Å². The molecule has 2 aromatic rings. The molecule has 0 bridgehead atoms. The van der Waals surface area contributed by atoms with Gasteiger partial charge in [0.1, 0.15) is 5.71 Å². The number of aromatic amines is 1. The number of nitrogens with one attached hydrogen (secondary N) is 1. The zero-order chi connectivity index (χ0) is 25.2. The van der Waals surface area contributed by atoms with Crippen LogP contribution in [-0.2, 0) is 0 Å². The van der Waals surface area contributed by atoms with Crippen LogP contribution in [0, 0.1) is 0 Å². The van der Waals surface area contributed by atoms with Gasteiger partial charge in [-0.15, -0.1) is 0 Å². The van der Waals surface area contributed by atoms with Gasteiger partial charge < -0.3 is 20.7 Å². The molecule has 1 aromatic carbocycles. The molecule has 1 unspecified atom stereocenters. The van der Waals surface area contributed by atoms with Crippen LogP contribution in [-0.4, -0.2) is 44.2 Å². The van der Waals surface area contributed by atoms with Crippen LogP contribution in [0.2, 0.25) is 0 Å². The summed E-state index contributed by atoms with van der Waals surface area (Å²) in [5.74, 6) is -0.463. The number of likely N-dealkylation sites (tertiary alicyclic amines) is 1. The molecule has 7 heteroatoms. The van der Waals surface area contributed by atoms with Gasteiger partial charge in [-0.1, -0.05) is 38.1 Å². The van der Waals surface area contributed by atoms with Crippen molar-refractivity contribution in [3.63, 3.8) is 0 Å². The maximum atomic E-state index is 11.3. The molecular formula is C28H35N5O2. The Hall–Kier alpha value is -3.87. The summed E-state index contributed by atoms with van der Waals surface area (Å²) >= 11 is 0. The van der Waals surface area contributed by atoms with Crippen molar-refractivity contribution in [2.75, 3.05) is 6.54 Å². The lowest BCUT2D eigenvalue weighted by atomic mass is 10.1. The average Bonchev–Trinajstić information content (AvgIpc) is 3.53. The van der Waals surface area contributed by atoms with Crippen molar-refractivity contribution in [1.29, 1.82) is 0 Å². The number of H-pyrrole nitrogens is 1. The molecule has 0 amide bonds. The topological polar surface area (TPSA) is 108 Å². The van der Waals surface area contributed by atoms with Crippen LogP contribution < -0.4 is 5.73 Å². The first-order valence-corrected chi connectivity index (χ1v) is 12.1. The molecular weight excluding hydrogens is 438 g/mol. The number of nitrogens with zero attached hydrogens (tertiary/aromatic N) is 3. The van der Waals surface area contributed by atoms with E-state index >= 15 is 0 Å². The van der Waals surface area contributed by atoms with E-state index in [1.165, 1.54) is 30.7 Å². The quantitative estimate of drug-likeness (QED) is 0.294. The summed E-state index contributed by atoms with van der Waals surface area (Å²) in [5, 5.41) is 9.27. The average molecular weight is 474 g/mol. The number of rotatable bonds is 11. The summed E-state index contributed by atoms with van der Waals surface area (Å²) in [6, 6.07) is 7.05. The van der Waals surface area contributed by atoms with E-state index in [0.717, 1.165) is 25.8 Å². The third kappa shape index (κ3) is 7.30. The number of carbonyl (C=O) groups is 1. The molecule has 0 aliphatic carbocycles. The lowest BCUT2D eigenvalue weighted by Crippen LogP contribution is -2.26. The van der Waals surface area contributed by atoms with Crippen LogP contribution in [0.3, 0.4) is 0 Å². The molecule has 2 heterocycles. The second-order valence-electron chi connectivity index (χ2n) is 8.72. The number of aromatic nitrogens is 2. The molecule has 4 N–H and O–H groups in total. The SMILES string of the molecule is C=C(/C=C\C=C(/CCCC)N1CCCC1C)N=C(/C=C(\N)c1cccc(C(=O)O)c1)c1ncc[nH]1. The predicted octanol–water partition coefficient (Wildman–Crippen LogP) is 5.53. The van der Waals surface area contributed by atoms with Crippen LogP contribution in [0.5, 0.6) is 0 Å². The Morgan fingerprint density at radius 2 is 2.20 bits per heavy atom. The van der Waals surface area contributed by atoms with Gasteiger partial charge in [0, 0.05) is 36.4 Å². The van der Waals surface area contributed by atoms with E-state index in [2.05, 4.69) is 46.4 Å². The van der Waals surface area contributed by atoms with Crippen LogP contribution in [0.15, 0.2) is 83.9 Å². The van der Waals surface area contributed by atoms with E-state index in [1.54, 1.807) is 30.6 Å². The minimum atomic E-state index is -1.01. The molecule has 1 atom stereocenters. The fourth-order valence-electron chi connectivity index (χ4n) is 4.12. The normalized spacial score (nSPS) is 17.4. The first-order valence-electron chi connectivity index (χ1n) is 12.1. The highest BCUT2D eigenvalue weighted by Crippen LogP contribution is 2.25. The highest BCUT2D eigenvalue weighted by molar-refractivity contribution is 6.10. The molecule has 7 nitrogen and oxygen atoms in total. The molecule has 1 fully saturated rings. The number of carboxylic acids is 1. The van der Waals surface area contributed by atoms with Gasteiger partial charge in [0.2, 0.25) is 0 Å². The van der Waals surface area contributed by atoms with Crippen molar-refractivity contribution < 1.29 is 9.90 Å². The molecule has 1 aromatic heterocycles. The van der Waals surface area contributed by atoms with Gasteiger partial charge in [0.15, 0.2) is 5.82 Å². The fourth-order valence-corrected chi connectivity index (χ4v) is 4.12. The van der Waals surface area contributed by atoms with Crippen LogP contribution in [0.1, 0.15) is 67.7 Å². The number of hydrogen-bond acceptors (Lipinski definition) is 5. The van der Waals surface area contributed by atoms with Crippen LogP contribution >= 0.6 is 0 Å². The lowest BCUT2D eigenvalue weighted by molar-refractivity contribution is 0.0697. The lowest BCUT2D eigenvalue weighted by Gasteiger charge is -2.26. The highest BCUT2D eigenvalue weighted by Gasteiger charge is 2.21. The molecule has 3 rings (SSSR count). The first kappa shape index (κ1) is 25.7. The smallest absolute Gasteiger partial charge is 0.335 e. The van der Waals surface area contributed by atoms with Gasteiger partial charge >= 0.3 is 5.97 Å². The number of unbranched alkanes of at least 4 members (excludes halogenated alkanes) is 1. The Bertz CT molecular complexity index is 1140. The summed E-state index contributed by atoms with van der Waals surface area (Å²) in [4.78, 5) is 25.8. The van der Waals surface area contributed by atoms with Crippen molar-refractivity contribution in [3.05, 3.63) is 95.9 Å². The maximum absolute atomic E-state index is 11.3. The number of hydrogen-bond donors (Lipinski definition) is 3. The van der Waals surface area contributed by atoms with E-state index in [4.69, 9.17) is 5.73 Å². The van der Waals surface area contributed by atoms with Gasteiger partial charge in [-0.3, -0.25) is 0 Å². The maximum Gasteiger partial charge on any atom is 0.335 e. The molecule has 0 radical (unpaired) electrons. The third-order valence-corrected chi connectivity index (χ3v) is 6.03. The van der Waals surface area contributed by atoms with Gasteiger partial charge in [-0.05, 0) is 68.5 Å². The molecule has 0 saturated carbocycles. The second-order valence-corrected chi connectivity index (χ2v) is 8.72. The first-order chi connectivity index (χ1) is 16.9. The standard InChI is InChI=1S/C28H35N5O2/c1-4-5-13-24(33-17-8-10-21(33)3)14-6-9-20(2)32-26(27-30-15-16-31-27)19-25(29)22-11-7-12-23(18-22)28(34)35/h6-7,9,11-12,14-16,18-19,21H,2,4-5,8,10,13,17,29H2,1,3H3,(H,30,31)(H,34,35)/b9-6-,24-14+,25-19-,32-26?. The Labute approximate surface area is 207 Å². The molecule has 1 aliphatic heterocycles. The Morgan fingerprint density at radius 1 is 1.40 bits per heavy atom. The van der Waals surface area contributed by atoms with Crippen molar-refractivity contribution in [1.82, 2.24) is 14.9 Å².